The monoisotopic (exact) mass is 270 g/mol. The first kappa shape index (κ1) is 15.2. The zero-order valence-electron chi connectivity index (χ0n) is 10.8. The Morgan fingerprint density at radius 2 is 1.95 bits per heavy atom. The van der Waals surface area contributed by atoms with Gasteiger partial charge in [-0.15, -0.1) is 0 Å². The molecule has 0 atom stereocenters. The quantitative estimate of drug-likeness (QED) is 0.712. The molecule has 0 radical (unpaired) electrons. The summed E-state index contributed by atoms with van der Waals surface area (Å²) >= 11 is 0. The number of aliphatic carboxylic acids is 1. The fourth-order valence-corrected chi connectivity index (χ4v) is 1.79. The molecule has 1 heterocycles. The van der Waals surface area contributed by atoms with Crippen LogP contribution in [0.5, 0.6) is 0 Å². The van der Waals surface area contributed by atoms with E-state index in [-0.39, 0.29) is 0 Å². The number of nitrogens with one attached hydrogen (secondary N) is 1. The first-order valence-electron chi connectivity index (χ1n) is 6.04. The maximum atomic E-state index is 11.7. The van der Waals surface area contributed by atoms with Gasteiger partial charge in [-0.3, -0.25) is 10.1 Å². The zero-order chi connectivity index (χ0) is 14.3. The summed E-state index contributed by atoms with van der Waals surface area (Å²) < 4.78 is 5.22. The average Bonchev–Trinajstić information content (AvgIpc) is 2.37. The van der Waals surface area contributed by atoms with Crippen molar-refractivity contribution in [3.8, 4) is 0 Å². The number of carboxylic acid groups (broad SMARTS) is 1. The van der Waals surface area contributed by atoms with Crippen molar-refractivity contribution in [2.45, 2.75) is 12.8 Å². The topological polar surface area (TPSA) is 95.9 Å². The molecule has 0 unspecified atom stereocenters. The maximum Gasteiger partial charge on any atom is 0.328 e. The van der Waals surface area contributed by atoms with Gasteiger partial charge in [0.2, 0.25) is 0 Å². The van der Waals surface area contributed by atoms with Crippen LogP contribution in [0.1, 0.15) is 12.8 Å². The van der Waals surface area contributed by atoms with Gasteiger partial charge in [0.05, 0.1) is 0 Å². The van der Waals surface area contributed by atoms with E-state index >= 15 is 0 Å². The van der Waals surface area contributed by atoms with E-state index in [1.165, 1.54) is 4.90 Å². The first-order chi connectivity index (χ1) is 8.99. The summed E-state index contributed by atoms with van der Waals surface area (Å²) in [6, 6.07) is -0.536. The summed E-state index contributed by atoms with van der Waals surface area (Å²) in [5.41, 5.74) is 0. The smallest absolute Gasteiger partial charge is 0.328 e. The van der Waals surface area contributed by atoms with Crippen LogP contribution in [0.2, 0.25) is 0 Å². The number of hydrogen-bond donors (Lipinski definition) is 2. The lowest BCUT2D eigenvalue weighted by atomic mass is 10.0. The first-order valence-corrected chi connectivity index (χ1v) is 6.04. The standard InChI is InChI=1S/C12H18N2O5/c1-14(8-9-4-6-19-7-5-9)12(18)13-10(15)2-3-11(16)17/h2-3,9H,4-8H2,1H3,(H,16,17)(H,13,15,18). The van der Waals surface area contributed by atoms with E-state index < -0.39 is 17.9 Å². The molecule has 1 aliphatic rings. The summed E-state index contributed by atoms with van der Waals surface area (Å²) in [5.74, 6) is -1.61. The molecule has 0 aromatic heterocycles. The van der Waals surface area contributed by atoms with Crippen LogP contribution in [0.3, 0.4) is 0 Å². The van der Waals surface area contributed by atoms with Gasteiger partial charge in [-0.25, -0.2) is 9.59 Å². The van der Waals surface area contributed by atoms with Crippen molar-refractivity contribution in [3.63, 3.8) is 0 Å². The second-order valence-electron chi connectivity index (χ2n) is 4.40. The van der Waals surface area contributed by atoms with Crippen molar-refractivity contribution in [1.82, 2.24) is 10.2 Å². The number of rotatable bonds is 4. The van der Waals surface area contributed by atoms with Crippen LogP contribution in [0, 0.1) is 5.92 Å². The highest BCUT2D eigenvalue weighted by Gasteiger charge is 2.19. The Hall–Kier alpha value is -1.89. The Balaban J connectivity index is 2.35. The molecule has 7 nitrogen and oxygen atoms in total. The molecule has 1 fully saturated rings. The molecule has 2 N–H and O–H groups in total. The van der Waals surface area contributed by atoms with Gasteiger partial charge < -0.3 is 14.7 Å². The minimum atomic E-state index is -1.24. The maximum absolute atomic E-state index is 11.7. The molecule has 0 spiro atoms. The lowest BCUT2D eigenvalue weighted by molar-refractivity contribution is -0.131. The third-order valence-corrected chi connectivity index (χ3v) is 2.83. The molecular formula is C12H18N2O5. The van der Waals surface area contributed by atoms with Crippen molar-refractivity contribution in [3.05, 3.63) is 12.2 Å². The molecule has 0 bridgehead atoms. The highest BCUT2D eigenvalue weighted by molar-refractivity contribution is 6.02. The molecule has 3 amide bonds. The number of carboxylic acids is 1. The van der Waals surface area contributed by atoms with E-state index in [1.807, 2.05) is 0 Å². The predicted molar refractivity (Wildman–Crippen MR) is 66.5 cm³/mol. The Bertz CT molecular complexity index is 374. The van der Waals surface area contributed by atoms with Crippen LogP contribution in [-0.2, 0) is 14.3 Å². The molecule has 19 heavy (non-hydrogen) atoms. The highest BCUT2D eigenvalue weighted by atomic mass is 16.5. The molecule has 1 aliphatic heterocycles. The third kappa shape index (κ3) is 6.01. The van der Waals surface area contributed by atoms with Crippen molar-refractivity contribution in [2.75, 3.05) is 26.8 Å². The van der Waals surface area contributed by atoms with Gasteiger partial charge in [-0.1, -0.05) is 0 Å². The van der Waals surface area contributed by atoms with Crippen LogP contribution in [-0.4, -0.2) is 54.7 Å². The zero-order valence-corrected chi connectivity index (χ0v) is 10.8. The SMILES string of the molecule is CN(CC1CCOCC1)C(=O)NC(=O)C=CC(=O)O. The fraction of sp³-hybridized carbons (Fsp3) is 0.583. The molecule has 1 rings (SSSR count). The van der Waals surface area contributed by atoms with Crippen LogP contribution >= 0.6 is 0 Å². The largest absolute Gasteiger partial charge is 0.478 e. The number of amides is 3. The van der Waals surface area contributed by atoms with Crippen LogP contribution in [0.25, 0.3) is 0 Å². The third-order valence-electron chi connectivity index (χ3n) is 2.83. The van der Waals surface area contributed by atoms with Crippen LogP contribution in [0.15, 0.2) is 12.2 Å². The fourth-order valence-electron chi connectivity index (χ4n) is 1.79. The molecule has 106 valence electrons. The molecule has 0 aliphatic carbocycles. The lowest BCUT2D eigenvalue weighted by Crippen LogP contribution is -2.42. The normalized spacial score (nSPS) is 16.3. The number of nitrogens with zero attached hydrogens (tertiary/aromatic N) is 1. The van der Waals surface area contributed by atoms with Crippen molar-refractivity contribution in [2.24, 2.45) is 5.92 Å². The van der Waals surface area contributed by atoms with Crippen molar-refractivity contribution in [1.29, 1.82) is 0 Å². The van der Waals surface area contributed by atoms with Gasteiger partial charge in [0.25, 0.3) is 5.91 Å². The Kier molecular flexibility index (Phi) is 6.01. The number of imide groups is 1. The molecular weight excluding hydrogens is 252 g/mol. The van der Waals surface area contributed by atoms with Gasteiger partial charge >= 0.3 is 12.0 Å². The molecule has 0 aromatic rings. The number of urea groups is 1. The van der Waals surface area contributed by atoms with Gasteiger partial charge in [-0.05, 0) is 18.8 Å². The van der Waals surface area contributed by atoms with Gasteiger partial charge in [0, 0.05) is 39.0 Å². The second kappa shape index (κ2) is 7.52. The lowest BCUT2D eigenvalue weighted by Gasteiger charge is -2.26. The van der Waals surface area contributed by atoms with E-state index in [9.17, 15) is 14.4 Å². The van der Waals surface area contributed by atoms with Crippen LogP contribution < -0.4 is 5.32 Å². The molecule has 7 heteroatoms. The number of carbonyl (C=O) groups is 3. The Morgan fingerprint density at radius 3 is 2.53 bits per heavy atom. The van der Waals surface area contributed by atoms with E-state index in [0.29, 0.717) is 31.8 Å². The average molecular weight is 270 g/mol. The van der Waals surface area contributed by atoms with Crippen molar-refractivity contribution < 1.29 is 24.2 Å². The summed E-state index contributed by atoms with van der Waals surface area (Å²) in [6.45, 7) is 1.94. The predicted octanol–water partition coefficient (Wildman–Crippen LogP) is 0.222. The number of hydrogen-bond acceptors (Lipinski definition) is 4. The second-order valence-corrected chi connectivity index (χ2v) is 4.40. The summed E-state index contributed by atoms with van der Waals surface area (Å²) in [5, 5.41) is 10.4. The van der Waals surface area contributed by atoms with E-state index in [0.717, 1.165) is 18.9 Å². The minimum absolute atomic E-state index is 0.370. The molecule has 1 saturated heterocycles. The number of ether oxygens (including phenoxy) is 1. The molecule has 0 saturated carbocycles. The summed E-state index contributed by atoms with van der Waals surface area (Å²) in [4.78, 5) is 34.5. The van der Waals surface area contributed by atoms with Crippen molar-refractivity contribution >= 4 is 17.9 Å². The number of carbonyl (C=O) groups excluding carboxylic acids is 2. The Labute approximate surface area is 111 Å². The van der Waals surface area contributed by atoms with Gasteiger partial charge in [0.1, 0.15) is 0 Å². The van der Waals surface area contributed by atoms with E-state index in [4.69, 9.17) is 9.84 Å². The molecule has 0 aromatic carbocycles. The van der Waals surface area contributed by atoms with E-state index in [1.54, 1.807) is 7.05 Å². The van der Waals surface area contributed by atoms with Crippen LogP contribution in [0.4, 0.5) is 4.79 Å². The van der Waals surface area contributed by atoms with Gasteiger partial charge in [-0.2, -0.15) is 0 Å². The van der Waals surface area contributed by atoms with E-state index in [2.05, 4.69) is 5.32 Å². The summed E-state index contributed by atoms with van der Waals surface area (Å²) in [7, 11) is 1.60. The Morgan fingerprint density at radius 1 is 1.32 bits per heavy atom. The minimum Gasteiger partial charge on any atom is -0.478 e. The highest BCUT2D eigenvalue weighted by Crippen LogP contribution is 2.15. The van der Waals surface area contributed by atoms with Gasteiger partial charge in [0.15, 0.2) is 0 Å². The summed E-state index contributed by atoms with van der Waals surface area (Å²) in [6.07, 6.45) is 3.28.